The summed E-state index contributed by atoms with van der Waals surface area (Å²) in [7, 11) is 1.72. The molecule has 1 aliphatic heterocycles. The molecule has 5 nitrogen and oxygen atoms in total. The summed E-state index contributed by atoms with van der Waals surface area (Å²) in [6.45, 7) is 1.88. The van der Waals surface area contributed by atoms with E-state index in [0.29, 0.717) is 16.3 Å². The zero-order chi connectivity index (χ0) is 25.4. The third-order valence-electron chi connectivity index (χ3n) is 6.83. The van der Waals surface area contributed by atoms with Gasteiger partial charge in [-0.2, -0.15) is 0 Å². The van der Waals surface area contributed by atoms with E-state index in [4.69, 9.17) is 11.6 Å². The molecule has 0 amide bonds. The van der Waals surface area contributed by atoms with Gasteiger partial charge >= 0.3 is 0 Å². The van der Waals surface area contributed by atoms with Crippen LogP contribution in [0.4, 0.5) is 11.4 Å². The highest BCUT2D eigenvalue weighted by Gasteiger charge is 2.35. The number of Topliss-reactive ketones (excluding diaryl/α,β-unsaturated/α-hetero) is 1. The molecule has 2 atom stereocenters. The van der Waals surface area contributed by atoms with E-state index in [0.717, 1.165) is 27.6 Å². The van der Waals surface area contributed by atoms with Gasteiger partial charge in [0.15, 0.2) is 12.0 Å². The number of nitrogens with zero attached hydrogens (tertiary/aromatic N) is 1. The second-order valence-electron chi connectivity index (χ2n) is 9.12. The van der Waals surface area contributed by atoms with Crippen molar-refractivity contribution in [2.75, 3.05) is 17.3 Å². The number of likely N-dealkylation sites (N-methyl/N-ethyl adjacent to an activating group) is 1. The first-order chi connectivity index (χ1) is 17.3. The zero-order valence-corrected chi connectivity index (χ0v) is 20.8. The van der Waals surface area contributed by atoms with Crippen LogP contribution >= 0.6 is 11.6 Å². The molecule has 6 heteroatoms. The molecule has 4 aromatic carbocycles. The van der Waals surface area contributed by atoms with E-state index in [2.05, 4.69) is 5.32 Å². The van der Waals surface area contributed by atoms with Gasteiger partial charge in [0.1, 0.15) is 5.76 Å². The fourth-order valence-corrected chi connectivity index (χ4v) is 5.02. The topological polar surface area (TPSA) is 72.8 Å². The van der Waals surface area contributed by atoms with E-state index in [9.17, 15) is 15.0 Å². The van der Waals surface area contributed by atoms with Gasteiger partial charge in [0.2, 0.25) is 0 Å². The maximum absolute atomic E-state index is 13.7. The van der Waals surface area contributed by atoms with E-state index in [1.807, 2.05) is 79.7 Å². The lowest BCUT2D eigenvalue weighted by atomic mass is 9.90. The predicted octanol–water partition coefficient (Wildman–Crippen LogP) is 6.65. The third-order valence-corrected chi connectivity index (χ3v) is 7.08. The molecule has 36 heavy (non-hydrogen) atoms. The molecule has 0 aliphatic carbocycles. The number of hydrogen-bond donors (Lipinski definition) is 3. The Kier molecular flexibility index (Phi) is 6.44. The van der Waals surface area contributed by atoms with Gasteiger partial charge in [-0.1, -0.05) is 72.3 Å². The minimum Gasteiger partial charge on any atom is -0.507 e. The van der Waals surface area contributed by atoms with E-state index < -0.39 is 12.3 Å². The van der Waals surface area contributed by atoms with Crippen molar-refractivity contribution >= 4 is 45.3 Å². The van der Waals surface area contributed by atoms with Crippen molar-refractivity contribution in [1.82, 2.24) is 0 Å². The predicted molar refractivity (Wildman–Crippen MR) is 147 cm³/mol. The minimum atomic E-state index is -1.25. The quantitative estimate of drug-likeness (QED) is 0.277. The SMILES string of the molecule is Cc1cccc2c1C(O)=C(C(=O)CC(Nc1cccc3ccccc13)c1ccc(Cl)cc1)C(O)N2C. The van der Waals surface area contributed by atoms with Crippen LogP contribution in [0.1, 0.15) is 29.2 Å². The normalized spacial score (nSPS) is 16.1. The molecule has 0 radical (unpaired) electrons. The van der Waals surface area contributed by atoms with Crippen molar-refractivity contribution in [2.45, 2.75) is 25.6 Å². The van der Waals surface area contributed by atoms with Crippen molar-refractivity contribution in [3.63, 3.8) is 0 Å². The number of benzene rings is 4. The minimum absolute atomic E-state index is 0.00187. The molecule has 5 rings (SSSR count). The van der Waals surface area contributed by atoms with Gasteiger partial charge < -0.3 is 20.4 Å². The molecule has 1 aliphatic rings. The summed E-state index contributed by atoms with van der Waals surface area (Å²) >= 11 is 6.13. The van der Waals surface area contributed by atoms with Crippen molar-refractivity contribution in [3.05, 3.63) is 112 Å². The maximum atomic E-state index is 13.7. The maximum Gasteiger partial charge on any atom is 0.169 e. The Morgan fingerprint density at radius 3 is 2.47 bits per heavy atom. The Labute approximate surface area is 215 Å². The number of ketones is 1. The highest BCUT2D eigenvalue weighted by Crippen LogP contribution is 2.39. The van der Waals surface area contributed by atoms with Gasteiger partial charge in [0.05, 0.1) is 11.6 Å². The summed E-state index contributed by atoms with van der Waals surface area (Å²) in [6.07, 6.45) is -1.23. The summed E-state index contributed by atoms with van der Waals surface area (Å²) in [6, 6.07) is 26.5. The van der Waals surface area contributed by atoms with Gasteiger partial charge in [-0.15, -0.1) is 0 Å². The van der Waals surface area contributed by atoms with Crippen LogP contribution in [0.3, 0.4) is 0 Å². The lowest BCUT2D eigenvalue weighted by Gasteiger charge is -2.35. The van der Waals surface area contributed by atoms with Gasteiger partial charge in [0.25, 0.3) is 0 Å². The summed E-state index contributed by atoms with van der Waals surface area (Å²) in [4.78, 5) is 15.3. The first-order valence-electron chi connectivity index (χ1n) is 11.8. The Hall–Kier alpha value is -3.80. The van der Waals surface area contributed by atoms with E-state index in [-0.39, 0.29) is 23.5 Å². The molecule has 0 bridgehead atoms. The first kappa shape index (κ1) is 23.9. The molecule has 182 valence electrons. The van der Waals surface area contributed by atoms with Crippen LogP contribution in [0.25, 0.3) is 16.5 Å². The zero-order valence-electron chi connectivity index (χ0n) is 20.1. The highest BCUT2D eigenvalue weighted by molar-refractivity contribution is 6.30. The van der Waals surface area contributed by atoms with Crippen LogP contribution in [0.15, 0.2) is 90.5 Å². The number of carbonyl (C=O) groups is 1. The monoisotopic (exact) mass is 498 g/mol. The number of nitrogens with one attached hydrogen (secondary N) is 1. The lowest BCUT2D eigenvalue weighted by Crippen LogP contribution is -2.40. The molecule has 0 saturated carbocycles. The molecule has 2 unspecified atom stereocenters. The first-order valence-corrected chi connectivity index (χ1v) is 12.2. The van der Waals surface area contributed by atoms with Crippen LogP contribution < -0.4 is 10.2 Å². The van der Waals surface area contributed by atoms with Gasteiger partial charge in [-0.3, -0.25) is 4.79 Å². The third kappa shape index (κ3) is 4.32. The second-order valence-corrected chi connectivity index (χ2v) is 9.55. The fraction of sp³-hybridized carbons (Fsp3) is 0.167. The number of halogens is 1. The molecule has 3 N–H and O–H groups in total. The van der Waals surface area contributed by atoms with E-state index >= 15 is 0 Å². The van der Waals surface area contributed by atoms with E-state index in [1.165, 1.54) is 0 Å². The number of aliphatic hydroxyl groups is 2. The van der Waals surface area contributed by atoms with Crippen LogP contribution in [-0.4, -0.2) is 29.3 Å². The number of aliphatic hydroxyl groups excluding tert-OH is 2. The largest absolute Gasteiger partial charge is 0.507 e. The van der Waals surface area contributed by atoms with Crippen LogP contribution in [0.2, 0.25) is 5.02 Å². The molecule has 0 aromatic heterocycles. The van der Waals surface area contributed by atoms with Crippen molar-refractivity contribution in [2.24, 2.45) is 0 Å². The van der Waals surface area contributed by atoms with Crippen molar-refractivity contribution in [3.8, 4) is 0 Å². The fourth-order valence-electron chi connectivity index (χ4n) is 4.89. The summed E-state index contributed by atoms with van der Waals surface area (Å²) in [5, 5.41) is 28.4. The Balaban J connectivity index is 1.54. The lowest BCUT2D eigenvalue weighted by molar-refractivity contribution is -0.116. The number of aryl methyl sites for hydroxylation is 1. The second kappa shape index (κ2) is 9.69. The van der Waals surface area contributed by atoms with Crippen LogP contribution in [0.5, 0.6) is 0 Å². The van der Waals surface area contributed by atoms with Crippen LogP contribution in [-0.2, 0) is 4.79 Å². The number of fused-ring (bicyclic) bond motifs is 2. The number of hydrogen-bond acceptors (Lipinski definition) is 5. The van der Waals surface area contributed by atoms with Crippen LogP contribution in [0, 0.1) is 6.92 Å². The molecular formula is C30H27ClN2O3. The molecular weight excluding hydrogens is 472 g/mol. The van der Waals surface area contributed by atoms with Gasteiger partial charge in [-0.25, -0.2) is 0 Å². The van der Waals surface area contributed by atoms with Gasteiger partial charge in [0, 0.05) is 40.8 Å². The van der Waals surface area contributed by atoms with Crippen molar-refractivity contribution < 1.29 is 15.0 Å². The Bertz CT molecular complexity index is 1470. The van der Waals surface area contributed by atoms with Gasteiger partial charge in [-0.05, 0) is 47.7 Å². The average molecular weight is 499 g/mol. The molecule has 0 saturated heterocycles. The summed E-state index contributed by atoms with van der Waals surface area (Å²) in [5.41, 5.74) is 3.84. The average Bonchev–Trinajstić information content (AvgIpc) is 2.87. The molecule has 1 heterocycles. The Morgan fingerprint density at radius 2 is 1.69 bits per heavy atom. The highest BCUT2D eigenvalue weighted by atomic mass is 35.5. The number of anilines is 2. The smallest absolute Gasteiger partial charge is 0.169 e. The summed E-state index contributed by atoms with van der Waals surface area (Å²) in [5.74, 6) is -0.507. The summed E-state index contributed by atoms with van der Waals surface area (Å²) < 4.78 is 0. The number of rotatable bonds is 6. The number of carbonyl (C=O) groups excluding carboxylic acids is 1. The Morgan fingerprint density at radius 1 is 1.00 bits per heavy atom. The standard InChI is InChI=1S/C30H27ClN2O3/c1-18-7-5-12-25-27(18)29(35)28(30(36)33(25)2)26(34)17-24(20-13-15-21(31)16-14-20)32-23-11-6-9-19-8-3-4-10-22(19)23/h3-16,24,30,32,35-36H,17H2,1-2H3. The molecule has 0 spiro atoms. The molecule has 4 aromatic rings. The molecule has 0 fully saturated rings. The van der Waals surface area contributed by atoms with E-state index in [1.54, 1.807) is 24.1 Å². The van der Waals surface area contributed by atoms with Crippen molar-refractivity contribution in [1.29, 1.82) is 0 Å².